The first-order valence-corrected chi connectivity index (χ1v) is 20.9. The number of amides is 2. The van der Waals surface area contributed by atoms with Crippen molar-refractivity contribution in [1.82, 2.24) is 0 Å². The quantitative estimate of drug-likeness (QED) is 0.148. The van der Waals surface area contributed by atoms with Gasteiger partial charge in [-0.05, 0) is 99.9 Å². The van der Waals surface area contributed by atoms with Gasteiger partial charge in [0.1, 0.15) is 11.5 Å². The second kappa shape index (κ2) is 18.7. The number of nitrogens with zero attached hydrogens (tertiary/aromatic N) is 2. The molecular formula is C40H44BrIN2O4S2. The first-order valence-electron chi connectivity index (χ1n) is 17.1. The minimum absolute atomic E-state index is 0.0299. The zero-order valence-electron chi connectivity index (χ0n) is 29.0. The standard InChI is InChI=1S/C20H22BrNO2S.C20H22INO2S/c2*1-3-4-8-14-13-25-19-12-18(24-2)16(21)11-17(19)22(20(14)23)15-9-6-5-7-10-15/h2*5-7,9-12,14H,3-4,8,13H2,1-2H3. The zero-order chi connectivity index (χ0) is 35.6. The van der Waals surface area contributed by atoms with E-state index in [9.17, 15) is 9.59 Å². The maximum Gasteiger partial charge on any atom is 0.235 e. The minimum atomic E-state index is 0.0299. The molecule has 0 saturated carbocycles. The number of carbonyl (C=O) groups is 2. The highest BCUT2D eigenvalue weighted by Gasteiger charge is 2.33. The van der Waals surface area contributed by atoms with Crippen LogP contribution in [0.5, 0.6) is 11.5 Å². The maximum atomic E-state index is 13.4. The molecule has 10 heteroatoms. The topological polar surface area (TPSA) is 59.1 Å². The van der Waals surface area contributed by atoms with Crippen LogP contribution in [0.15, 0.2) is 99.2 Å². The van der Waals surface area contributed by atoms with Gasteiger partial charge >= 0.3 is 0 Å². The lowest BCUT2D eigenvalue weighted by Gasteiger charge is -2.26. The Balaban J connectivity index is 0.000000194. The summed E-state index contributed by atoms with van der Waals surface area (Å²) in [6, 6.07) is 28.0. The van der Waals surface area contributed by atoms with Crippen molar-refractivity contribution in [3.8, 4) is 11.5 Å². The fraction of sp³-hybridized carbons (Fsp3) is 0.350. The fourth-order valence-electron chi connectivity index (χ4n) is 6.07. The van der Waals surface area contributed by atoms with Gasteiger partial charge in [0.05, 0.1) is 33.6 Å². The molecule has 264 valence electrons. The van der Waals surface area contributed by atoms with Gasteiger partial charge in [-0.2, -0.15) is 0 Å². The molecule has 0 fully saturated rings. The average Bonchev–Trinajstić information content (AvgIpc) is 3.35. The SMILES string of the molecule is CCCCC1CSc2cc(OC)c(Br)cc2N(c2ccccc2)C1=O.CCCCC1CSc2cc(OC)c(I)cc2N(c2ccccc2)C1=O. The smallest absolute Gasteiger partial charge is 0.235 e. The number of fused-ring (bicyclic) bond motifs is 2. The van der Waals surface area contributed by atoms with E-state index in [0.717, 1.165) is 102 Å². The second-order valence-corrected chi connectivity index (χ2v) is 16.4. The molecule has 2 aliphatic heterocycles. The van der Waals surface area contributed by atoms with Crippen LogP contribution in [-0.2, 0) is 9.59 Å². The number of thioether (sulfide) groups is 2. The van der Waals surface area contributed by atoms with E-state index in [-0.39, 0.29) is 23.7 Å². The molecule has 2 atom stereocenters. The lowest BCUT2D eigenvalue weighted by molar-refractivity contribution is -0.122. The van der Waals surface area contributed by atoms with Crippen molar-refractivity contribution in [3.63, 3.8) is 0 Å². The number of hydrogen-bond donors (Lipinski definition) is 0. The van der Waals surface area contributed by atoms with Crippen LogP contribution in [0.1, 0.15) is 52.4 Å². The summed E-state index contributed by atoms with van der Waals surface area (Å²) in [5, 5.41) is 0. The molecule has 6 nitrogen and oxygen atoms in total. The Hall–Kier alpha value is -2.67. The number of halogens is 2. The number of ether oxygens (including phenoxy) is 2. The van der Waals surface area contributed by atoms with Crippen molar-refractivity contribution in [1.29, 1.82) is 0 Å². The van der Waals surface area contributed by atoms with Crippen molar-refractivity contribution >= 4 is 96.6 Å². The monoisotopic (exact) mass is 886 g/mol. The maximum absolute atomic E-state index is 13.4. The van der Waals surface area contributed by atoms with Gasteiger partial charge in [-0.15, -0.1) is 23.5 Å². The molecule has 0 N–H and O–H groups in total. The van der Waals surface area contributed by atoms with E-state index >= 15 is 0 Å². The molecule has 0 bridgehead atoms. The lowest BCUT2D eigenvalue weighted by atomic mass is 10.0. The predicted molar refractivity (Wildman–Crippen MR) is 221 cm³/mol. The highest BCUT2D eigenvalue weighted by Crippen LogP contribution is 2.46. The van der Waals surface area contributed by atoms with Crippen molar-refractivity contribution < 1.29 is 19.1 Å². The lowest BCUT2D eigenvalue weighted by Crippen LogP contribution is -2.32. The van der Waals surface area contributed by atoms with Crippen LogP contribution >= 0.6 is 62.0 Å². The van der Waals surface area contributed by atoms with Crippen molar-refractivity contribution in [2.45, 2.75) is 62.2 Å². The Labute approximate surface area is 327 Å². The first-order chi connectivity index (χ1) is 24.3. The zero-order valence-corrected chi connectivity index (χ0v) is 34.4. The van der Waals surface area contributed by atoms with Crippen LogP contribution in [0.4, 0.5) is 22.7 Å². The van der Waals surface area contributed by atoms with E-state index in [0.29, 0.717) is 0 Å². The molecule has 0 aromatic heterocycles. The van der Waals surface area contributed by atoms with Crippen LogP contribution in [0.3, 0.4) is 0 Å². The van der Waals surface area contributed by atoms with Crippen molar-refractivity contribution in [2.24, 2.45) is 11.8 Å². The van der Waals surface area contributed by atoms with Crippen LogP contribution < -0.4 is 19.3 Å². The van der Waals surface area contributed by atoms with Gasteiger partial charge in [0.25, 0.3) is 0 Å². The Morgan fingerprint density at radius 3 is 1.58 bits per heavy atom. The summed E-state index contributed by atoms with van der Waals surface area (Å²) in [5.41, 5.74) is 3.73. The first kappa shape index (κ1) is 38.6. The third kappa shape index (κ3) is 9.03. The number of unbranched alkanes of at least 4 members (excludes halogenated alkanes) is 2. The van der Waals surface area contributed by atoms with Gasteiger partial charge in [0, 0.05) is 44.5 Å². The molecule has 4 aromatic rings. The van der Waals surface area contributed by atoms with Crippen LogP contribution in [0.25, 0.3) is 0 Å². The normalized spacial score (nSPS) is 17.2. The molecule has 50 heavy (non-hydrogen) atoms. The molecule has 6 rings (SSSR count). The molecule has 2 unspecified atom stereocenters. The van der Waals surface area contributed by atoms with Gasteiger partial charge in [-0.3, -0.25) is 19.4 Å². The van der Waals surface area contributed by atoms with Crippen molar-refractivity contribution in [3.05, 3.63) is 93.0 Å². The van der Waals surface area contributed by atoms with E-state index < -0.39 is 0 Å². The number of benzene rings is 4. The number of methoxy groups -OCH3 is 2. The average molecular weight is 888 g/mol. The third-order valence-corrected chi connectivity index (χ3v) is 12.7. The van der Waals surface area contributed by atoms with E-state index in [2.05, 4.69) is 64.5 Å². The van der Waals surface area contributed by atoms with Crippen LogP contribution in [0.2, 0.25) is 0 Å². The van der Waals surface area contributed by atoms with Gasteiger partial charge in [-0.25, -0.2) is 0 Å². The summed E-state index contributed by atoms with van der Waals surface area (Å²) in [7, 11) is 3.35. The molecular weight excluding hydrogens is 843 g/mol. The number of carbonyl (C=O) groups excluding carboxylic acids is 2. The molecule has 0 radical (unpaired) electrons. The third-order valence-electron chi connectivity index (χ3n) is 8.81. The summed E-state index contributed by atoms with van der Waals surface area (Å²) in [6.45, 7) is 4.34. The summed E-state index contributed by atoms with van der Waals surface area (Å²) in [5.74, 6) is 3.73. The molecule has 0 aliphatic carbocycles. The molecule has 2 amide bonds. The highest BCUT2D eigenvalue weighted by molar-refractivity contribution is 14.1. The van der Waals surface area contributed by atoms with E-state index in [1.54, 1.807) is 37.7 Å². The van der Waals surface area contributed by atoms with E-state index in [4.69, 9.17) is 9.47 Å². The second-order valence-electron chi connectivity index (χ2n) is 12.2. The molecule has 0 saturated heterocycles. The van der Waals surface area contributed by atoms with Gasteiger partial charge in [0.2, 0.25) is 11.8 Å². The van der Waals surface area contributed by atoms with Gasteiger partial charge < -0.3 is 9.47 Å². The Morgan fingerprint density at radius 1 is 0.700 bits per heavy atom. The summed E-state index contributed by atoms with van der Waals surface area (Å²) >= 11 is 9.34. The number of rotatable bonds is 10. The number of para-hydroxylation sites is 2. The molecule has 2 heterocycles. The minimum Gasteiger partial charge on any atom is -0.496 e. The number of hydrogen-bond acceptors (Lipinski definition) is 6. The Morgan fingerprint density at radius 2 is 1.14 bits per heavy atom. The molecule has 2 aliphatic rings. The largest absolute Gasteiger partial charge is 0.496 e. The van der Waals surface area contributed by atoms with Crippen LogP contribution in [-0.4, -0.2) is 37.5 Å². The number of anilines is 4. The van der Waals surface area contributed by atoms with E-state index in [1.165, 1.54) is 0 Å². The summed E-state index contributed by atoms with van der Waals surface area (Å²) in [6.07, 6.45) is 6.23. The molecule has 0 spiro atoms. The Kier molecular flexibility index (Phi) is 14.4. The van der Waals surface area contributed by atoms with E-state index in [1.807, 2.05) is 82.6 Å². The van der Waals surface area contributed by atoms with Gasteiger partial charge in [-0.1, -0.05) is 75.9 Å². The van der Waals surface area contributed by atoms with Gasteiger partial charge in [0.15, 0.2) is 0 Å². The summed E-state index contributed by atoms with van der Waals surface area (Å²) < 4.78 is 12.8. The summed E-state index contributed by atoms with van der Waals surface area (Å²) in [4.78, 5) is 32.7. The van der Waals surface area contributed by atoms with Crippen molar-refractivity contribution in [2.75, 3.05) is 35.5 Å². The Bertz CT molecular complexity index is 1630. The predicted octanol–water partition coefficient (Wildman–Crippen LogP) is 11.9. The molecule has 4 aromatic carbocycles. The van der Waals surface area contributed by atoms with Crippen LogP contribution in [0, 0.1) is 15.4 Å². The fourth-order valence-corrected chi connectivity index (χ4v) is 9.59. The highest BCUT2D eigenvalue weighted by atomic mass is 127.